The van der Waals surface area contributed by atoms with Gasteiger partial charge in [-0.15, -0.1) is 6.42 Å². The van der Waals surface area contributed by atoms with Crippen molar-refractivity contribution in [3.8, 4) is 35.2 Å². The standard InChI is InChI=1S/C28H24FN7O2/c1-6-19(31-5)12-22-17(4)25-23(24-26(30)33-14-34-27(24)36(25)16(3)13-37-22)18-7-8-21(20(29)11-18)38-28-32-10-9-15(2)35-28/h1,7-12,14,16H,5,13H2,2-4H3,(H2,30,33,34)/b19-12-/t16-/m1/s1. The lowest BCUT2D eigenvalue weighted by atomic mass is 9.98. The second-order valence-corrected chi connectivity index (χ2v) is 8.76. The van der Waals surface area contributed by atoms with Gasteiger partial charge in [-0.3, -0.25) is 4.99 Å². The van der Waals surface area contributed by atoms with Gasteiger partial charge in [0.05, 0.1) is 17.1 Å². The molecule has 10 heteroatoms. The van der Waals surface area contributed by atoms with Gasteiger partial charge in [0.1, 0.15) is 35.9 Å². The molecule has 38 heavy (non-hydrogen) atoms. The Kier molecular flexibility index (Phi) is 6.34. The molecule has 4 aromatic rings. The summed E-state index contributed by atoms with van der Waals surface area (Å²) < 4.78 is 29.2. The molecule has 0 unspecified atom stereocenters. The highest BCUT2D eigenvalue weighted by Crippen LogP contribution is 2.44. The number of nitrogens with two attached hydrogens (primary N) is 1. The summed E-state index contributed by atoms with van der Waals surface area (Å²) in [5.74, 6) is 2.67. The maximum Gasteiger partial charge on any atom is 0.322 e. The van der Waals surface area contributed by atoms with Gasteiger partial charge in [0.2, 0.25) is 0 Å². The number of aromatic nitrogens is 5. The van der Waals surface area contributed by atoms with Gasteiger partial charge < -0.3 is 19.8 Å². The minimum absolute atomic E-state index is 0.0125. The monoisotopic (exact) mass is 509 g/mol. The van der Waals surface area contributed by atoms with E-state index in [1.807, 2.05) is 18.4 Å². The average Bonchev–Trinajstić information content (AvgIpc) is 3.20. The molecular weight excluding hydrogens is 485 g/mol. The van der Waals surface area contributed by atoms with Crippen molar-refractivity contribution in [1.82, 2.24) is 24.5 Å². The summed E-state index contributed by atoms with van der Waals surface area (Å²) in [5.41, 5.74) is 10.7. The third-order valence-corrected chi connectivity index (χ3v) is 6.24. The fourth-order valence-corrected chi connectivity index (χ4v) is 4.46. The number of anilines is 1. The van der Waals surface area contributed by atoms with Gasteiger partial charge >= 0.3 is 6.01 Å². The fourth-order valence-electron chi connectivity index (χ4n) is 4.46. The molecule has 1 atom stereocenters. The highest BCUT2D eigenvalue weighted by molar-refractivity contribution is 6.06. The number of nitrogen functional groups attached to an aromatic ring is 1. The van der Waals surface area contributed by atoms with E-state index in [0.29, 0.717) is 45.9 Å². The summed E-state index contributed by atoms with van der Waals surface area (Å²) in [5, 5.41) is 0.605. The highest BCUT2D eigenvalue weighted by Gasteiger charge is 2.30. The molecule has 0 bridgehead atoms. The summed E-state index contributed by atoms with van der Waals surface area (Å²) in [6.45, 7) is 9.54. The molecule has 3 aromatic heterocycles. The van der Waals surface area contributed by atoms with Gasteiger partial charge in [0, 0.05) is 29.1 Å². The quantitative estimate of drug-likeness (QED) is 0.289. The van der Waals surface area contributed by atoms with E-state index in [1.165, 1.54) is 18.5 Å². The number of allylic oxidation sites excluding steroid dienone is 3. The molecule has 0 saturated carbocycles. The molecule has 5 rings (SSSR count). The topological polar surface area (TPSA) is 113 Å². The van der Waals surface area contributed by atoms with Gasteiger partial charge in [-0.05, 0) is 51.3 Å². The van der Waals surface area contributed by atoms with Crippen LogP contribution in [0.5, 0.6) is 11.8 Å². The SMILES string of the molecule is C#C/C(=C/C1=C(C)c2c(-c3ccc(Oc4nccc(C)n4)c(F)c3)c3c(N)ncnc3n2[C@H](C)CO1)N=C. The van der Waals surface area contributed by atoms with Gasteiger partial charge in [-0.25, -0.2) is 24.3 Å². The summed E-state index contributed by atoms with van der Waals surface area (Å²) in [6, 6.07) is 6.29. The summed E-state index contributed by atoms with van der Waals surface area (Å²) >= 11 is 0. The summed E-state index contributed by atoms with van der Waals surface area (Å²) in [6.07, 6.45) is 10.2. The number of benzene rings is 1. The molecule has 0 amide bonds. The molecule has 9 nitrogen and oxygen atoms in total. The highest BCUT2D eigenvalue weighted by atomic mass is 19.1. The van der Waals surface area contributed by atoms with Crippen molar-refractivity contribution in [3.05, 3.63) is 71.5 Å². The number of hydrogen-bond acceptors (Lipinski definition) is 8. The van der Waals surface area contributed by atoms with E-state index in [9.17, 15) is 0 Å². The van der Waals surface area contributed by atoms with Gasteiger partial charge in [0.25, 0.3) is 0 Å². The Morgan fingerprint density at radius 3 is 2.84 bits per heavy atom. The Morgan fingerprint density at radius 2 is 2.13 bits per heavy atom. The Hall–Kier alpha value is -5.04. The molecule has 0 saturated heterocycles. The van der Waals surface area contributed by atoms with Crippen molar-refractivity contribution in [3.63, 3.8) is 0 Å². The predicted molar refractivity (Wildman–Crippen MR) is 144 cm³/mol. The molecule has 0 radical (unpaired) electrons. The number of fused-ring (bicyclic) bond motifs is 3. The molecule has 0 aliphatic carbocycles. The second kappa shape index (κ2) is 9.78. The second-order valence-electron chi connectivity index (χ2n) is 8.76. The molecule has 1 aliphatic rings. The summed E-state index contributed by atoms with van der Waals surface area (Å²) in [7, 11) is 0. The van der Waals surface area contributed by atoms with Crippen LogP contribution in [0, 0.1) is 25.1 Å². The third-order valence-electron chi connectivity index (χ3n) is 6.24. The van der Waals surface area contributed by atoms with Gasteiger partial charge in [-0.2, -0.15) is 0 Å². The number of rotatable bonds is 5. The minimum atomic E-state index is -0.596. The van der Waals surface area contributed by atoms with Crippen LogP contribution in [0.1, 0.15) is 31.3 Å². The molecular formula is C28H24FN7O2. The van der Waals surface area contributed by atoms with Crippen LogP contribution in [-0.2, 0) is 4.74 Å². The minimum Gasteiger partial charge on any atom is -0.491 e. The number of ether oxygens (including phenoxy) is 2. The van der Waals surface area contributed by atoms with Crippen LogP contribution in [0.2, 0.25) is 0 Å². The maximum absolute atomic E-state index is 15.4. The first kappa shape index (κ1) is 24.6. The van der Waals surface area contributed by atoms with Crippen LogP contribution in [0.4, 0.5) is 10.2 Å². The van der Waals surface area contributed by atoms with Crippen LogP contribution in [-0.4, -0.2) is 37.8 Å². The molecule has 4 heterocycles. The van der Waals surface area contributed by atoms with Crippen LogP contribution in [0.25, 0.3) is 27.7 Å². The van der Waals surface area contributed by atoms with Crippen LogP contribution >= 0.6 is 0 Å². The zero-order chi connectivity index (χ0) is 27.0. The first-order valence-electron chi connectivity index (χ1n) is 11.7. The van der Waals surface area contributed by atoms with Gasteiger partial charge in [0.15, 0.2) is 11.6 Å². The Balaban J connectivity index is 1.75. The van der Waals surface area contributed by atoms with Crippen molar-refractivity contribution < 1.29 is 13.9 Å². The first-order valence-corrected chi connectivity index (χ1v) is 11.7. The van der Waals surface area contributed by atoms with E-state index in [-0.39, 0.29) is 23.6 Å². The van der Waals surface area contributed by atoms with Crippen molar-refractivity contribution >= 4 is 29.1 Å². The van der Waals surface area contributed by atoms with E-state index in [0.717, 1.165) is 11.3 Å². The van der Waals surface area contributed by atoms with Crippen LogP contribution < -0.4 is 10.5 Å². The molecule has 1 aliphatic heterocycles. The average molecular weight is 510 g/mol. The number of nitrogens with zero attached hydrogens (tertiary/aromatic N) is 6. The molecule has 1 aromatic carbocycles. The van der Waals surface area contributed by atoms with Crippen molar-refractivity contribution in [2.75, 3.05) is 12.3 Å². The Morgan fingerprint density at radius 1 is 1.32 bits per heavy atom. The van der Waals surface area contributed by atoms with Crippen molar-refractivity contribution in [2.24, 2.45) is 4.99 Å². The fraction of sp³-hybridized carbons (Fsp3) is 0.179. The number of halogens is 1. The smallest absolute Gasteiger partial charge is 0.322 e. The molecule has 0 fully saturated rings. The lowest BCUT2D eigenvalue weighted by Crippen LogP contribution is -2.11. The summed E-state index contributed by atoms with van der Waals surface area (Å²) in [4.78, 5) is 20.9. The van der Waals surface area contributed by atoms with Gasteiger partial charge in [-0.1, -0.05) is 12.0 Å². The van der Waals surface area contributed by atoms with E-state index < -0.39 is 5.82 Å². The van der Waals surface area contributed by atoms with E-state index in [2.05, 4.69) is 37.6 Å². The lowest BCUT2D eigenvalue weighted by Gasteiger charge is -2.15. The zero-order valence-corrected chi connectivity index (χ0v) is 21.1. The van der Waals surface area contributed by atoms with Crippen LogP contribution in [0.3, 0.4) is 0 Å². The zero-order valence-electron chi connectivity index (χ0n) is 21.1. The molecule has 190 valence electrons. The predicted octanol–water partition coefficient (Wildman–Crippen LogP) is 5.25. The lowest BCUT2D eigenvalue weighted by molar-refractivity contribution is 0.192. The van der Waals surface area contributed by atoms with Crippen molar-refractivity contribution in [1.29, 1.82) is 0 Å². The number of terminal acetylenes is 1. The van der Waals surface area contributed by atoms with E-state index in [4.69, 9.17) is 21.6 Å². The molecule has 2 N–H and O–H groups in total. The normalized spacial score (nSPS) is 15.4. The van der Waals surface area contributed by atoms with Crippen LogP contribution in [0.15, 0.2) is 59.3 Å². The largest absolute Gasteiger partial charge is 0.491 e. The Labute approximate surface area is 218 Å². The first-order chi connectivity index (χ1) is 18.3. The number of aryl methyl sites for hydroxylation is 1. The Bertz CT molecular complexity index is 1700. The number of hydrogen-bond donors (Lipinski definition) is 1. The van der Waals surface area contributed by atoms with E-state index in [1.54, 1.807) is 31.3 Å². The van der Waals surface area contributed by atoms with E-state index >= 15 is 4.39 Å². The maximum atomic E-state index is 15.4. The van der Waals surface area contributed by atoms with Crippen molar-refractivity contribution in [2.45, 2.75) is 26.8 Å². The number of aliphatic imine (C=N–C) groups is 1. The third kappa shape index (κ3) is 4.24. The molecule has 0 spiro atoms.